The van der Waals surface area contributed by atoms with E-state index in [9.17, 15) is 9.59 Å². The van der Waals surface area contributed by atoms with Gasteiger partial charge in [0.25, 0.3) is 0 Å². The molecule has 0 aliphatic heterocycles. The van der Waals surface area contributed by atoms with Gasteiger partial charge in [0.15, 0.2) is 0 Å². The summed E-state index contributed by atoms with van der Waals surface area (Å²) in [6, 6.07) is -0.119. The number of hydrogen-bond acceptors (Lipinski definition) is 5. The lowest BCUT2D eigenvalue weighted by atomic mass is 10.3. The molecule has 106 valence electrons. The van der Waals surface area contributed by atoms with Crippen LogP contribution in [0.15, 0.2) is 0 Å². The molecule has 0 aromatic carbocycles. The highest BCUT2D eigenvalue weighted by atomic mass is 16.5. The number of amides is 1. The Morgan fingerprint density at radius 1 is 1.22 bits per heavy atom. The molecular formula is C11H21NO6. The number of carbonyl (C=O) groups excluding carboxylic acids is 1. The Morgan fingerprint density at radius 2 is 1.89 bits per heavy atom. The van der Waals surface area contributed by atoms with Crippen LogP contribution < -0.4 is 0 Å². The number of aliphatic carboxylic acids is 1. The Kier molecular flexibility index (Phi) is 9.17. The van der Waals surface area contributed by atoms with Gasteiger partial charge in [0, 0.05) is 20.8 Å². The standard InChI is InChI=1S/C11H21NO6/c1-9(6-17-3)12(4-5-16-2)10(13)7-18-8-11(14)15/h9H,4-8H2,1-3H3,(H,14,15). The Balaban J connectivity index is 4.25. The lowest BCUT2D eigenvalue weighted by molar-refractivity contribution is -0.147. The number of carboxylic acid groups (broad SMARTS) is 1. The van der Waals surface area contributed by atoms with Crippen molar-refractivity contribution < 1.29 is 28.9 Å². The maximum atomic E-state index is 11.8. The summed E-state index contributed by atoms with van der Waals surface area (Å²) in [6.45, 7) is 2.31. The number of rotatable bonds is 10. The van der Waals surface area contributed by atoms with Crippen LogP contribution in [0.5, 0.6) is 0 Å². The third-order valence-corrected chi connectivity index (χ3v) is 2.25. The third-order valence-electron chi connectivity index (χ3n) is 2.25. The van der Waals surface area contributed by atoms with E-state index in [1.807, 2.05) is 6.92 Å². The highest BCUT2D eigenvalue weighted by molar-refractivity contribution is 5.78. The van der Waals surface area contributed by atoms with Crippen molar-refractivity contribution in [2.24, 2.45) is 0 Å². The Hall–Kier alpha value is -1.18. The van der Waals surface area contributed by atoms with E-state index in [4.69, 9.17) is 19.3 Å². The first kappa shape index (κ1) is 16.8. The van der Waals surface area contributed by atoms with Crippen LogP contribution >= 0.6 is 0 Å². The van der Waals surface area contributed by atoms with Gasteiger partial charge in [-0.25, -0.2) is 4.79 Å². The van der Waals surface area contributed by atoms with Gasteiger partial charge in [-0.05, 0) is 6.92 Å². The van der Waals surface area contributed by atoms with E-state index in [2.05, 4.69) is 0 Å². The molecule has 7 nitrogen and oxygen atoms in total. The molecule has 1 amide bonds. The summed E-state index contributed by atoms with van der Waals surface area (Å²) in [5, 5.41) is 8.41. The van der Waals surface area contributed by atoms with Gasteiger partial charge in [0.1, 0.15) is 13.2 Å². The summed E-state index contributed by atoms with van der Waals surface area (Å²) in [5.41, 5.74) is 0. The van der Waals surface area contributed by atoms with Gasteiger partial charge in [-0.3, -0.25) is 4.79 Å². The average Bonchev–Trinajstić information content (AvgIpc) is 2.29. The molecule has 0 saturated heterocycles. The van der Waals surface area contributed by atoms with Crippen molar-refractivity contribution in [2.75, 3.05) is 47.2 Å². The molecule has 0 aromatic heterocycles. The number of ether oxygens (including phenoxy) is 3. The van der Waals surface area contributed by atoms with Crippen LogP contribution in [0.2, 0.25) is 0 Å². The number of carboxylic acids is 1. The van der Waals surface area contributed by atoms with Crippen molar-refractivity contribution in [1.82, 2.24) is 4.90 Å². The second-order valence-corrected chi connectivity index (χ2v) is 3.77. The van der Waals surface area contributed by atoms with E-state index < -0.39 is 12.6 Å². The maximum Gasteiger partial charge on any atom is 0.329 e. The van der Waals surface area contributed by atoms with Gasteiger partial charge in [-0.1, -0.05) is 0 Å². The van der Waals surface area contributed by atoms with E-state index in [1.165, 1.54) is 0 Å². The molecule has 0 rings (SSSR count). The lowest BCUT2D eigenvalue weighted by Gasteiger charge is -2.28. The topological polar surface area (TPSA) is 85.3 Å². The highest BCUT2D eigenvalue weighted by Crippen LogP contribution is 2.01. The predicted molar refractivity (Wildman–Crippen MR) is 63.4 cm³/mol. The average molecular weight is 263 g/mol. The quantitative estimate of drug-likeness (QED) is 0.577. The molecule has 0 heterocycles. The molecule has 1 unspecified atom stereocenters. The zero-order chi connectivity index (χ0) is 14.0. The van der Waals surface area contributed by atoms with Gasteiger partial charge in [0.2, 0.25) is 5.91 Å². The molecule has 0 saturated carbocycles. The molecule has 0 aromatic rings. The van der Waals surface area contributed by atoms with Crippen LogP contribution in [0.4, 0.5) is 0 Å². The van der Waals surface area contributed by atoms with Crippen LogP contribution in [0, 0.1) is 0 Å². The van der Waals surface area contributed by atoms with E-state index in [0.717, 1.165) is 0 Å². The second-order valence-electron chi connectivity index (χ2n) is 3.77. The molecule has 1 N–H and O–H groups in total. The molecule has 0 bridgehead atoms. The van der Waals surface area contributed by atoms with Gasteiger partial charge in [0.05, 0.1) is 19.3 Å². The molecule has 7 heteroatoms. The number of hydrogen-bond donors (Lipinski definition) is 1. The van der Waals surface area contributed by atoms with E-state index in [1.54, 1.807) is 19.1 Å². The lowest BCUT2D eigenvalue weighted by Crippen LogP contribution is -2.44. The number of nitrogens with zero attached hydrogens (tertiary/aromatic N) is 1. The van der Waals surface area contributed by atoms with Crippen molar-refractivity contribution in [3.63, 3.8) is 0 Å². The fourth-order valence-electron chi connectivity index (χ4n) is 1.42. The monoisotopic (exact) mass is 263 g/mol. The van der Waals surface area contributed by atoms with Gasteiger partial charge in [-0.2, -0.15) is 0 Å². The molecule has 0 radical (unpaired) electrons. The van der Waals surface area contributed by atoms with Crippen LogP contribution in [0.1, 0.15) is 6.92 Å². The van der Waals surface area contributed by atoms with Crippen molar-refractivity contribution in [2.45, 2.75) is 13.0 Å². The fourth-order valence-corrected chi connectivity index (χ4v) is 1.42. The maximum absolute atomic E-state index is 11.8. The number of methoxy groups -OCH3 is 2. The summed E-state index contributed by atoms with van der Waals surface area (Å²) in [5.74, 6) is -1.38. The van der Waals surface area contributed by atoms with Crippen molar-refractivity contribution >= 4 is 11.9 Å². The van der Waals surface area contributed by atoms with Crippen LogP contribution in [-0.2, 0) is 23.8 Å². The van der Waals surface area contributed by atoms with Gasteiger partial charge >= 0.3 is 5.97 Å². The minimum absolute atomic E-state index is 0.119. The summed E-state index contributed by atoms with van der Waals surface area (Å²) >= 11 is 0. The zero-order valence-corrected chi connectivity index (χ0v) is 11.0. The van der Waals surface area contributed by atoms with Crippen LogP contribution in [0.3, 0.4) is 0 Å². The minimum Gasteiger partial charge on any atom is -0.480 e. The SMILES string of the molecule is COCCN(C(=O)COCC(=O)O)C(C)COC. The second kappa shape index (κ2) is 9.81. The Labute approximate surface area is 107 Å². The normalized spacial score (nSPS) is 12.2. The summed E-state index contributed by atoms with van der Waals surface area (Å²) in [7, 11) is 3.10. The van der Waals surface area contributed by atoms with Gasteiger partial charge in [-0.15, -0.1) is 0 Å². The first-order chi connectivity index (χ1) is 8.52. The smallest absolute Gasteiger partial charge is 0.329 e. The zero-order valence-electron chi connectivity index (χ0n) is 11.0. The minimum atomic E-state index is -1.10. The van der Waals surface area contributed by atoms with Crippen molar-refractivity contribution in [3.8, 4) is 0 Å². The molecule has 0 aliphatic rings. The molecule has 0 fully saturated rings. The first-order valence-electron chi connectivity index (χ1n) is 5.59. The van der Waals surface area contributed by atoms with Crippen LogP contribution in [0.25, 0.3) is 0 Å². The third kappa shape index (κ3) is 7.21. The van der Waals surface area contributed by atoms with Crippen molar-refractivity contribution in [3.05, 3.63) is 0 Å². The first-order valence-corrected chi connectivity index (χ1v) is 5.59. The van der Waals surface area contributed by atoms with E-state index in [-0.39, 0.29) is 18.6 Å². The summed E-state index contributed by atoms with van der Waals surface area (Å²) < 4.78 is 14.7. The predicted octanol–water partition coefficient (Wildman–Crippen LogP) is -0.402. The molecule has 1 atom stereocenters. The molecule has 0 aliphatic carbocycles. The van der Waals surface area contributed by atoms with E-state index >= 15 is 0 Å². The Bertz CT molecular complexity index is 258. The summed E-state index contributed by atoms with van der Waals surface area (Å²) in [6.07, 6.45) is 0. The largest absolute Gasteiger partial charge is 0.480 e. The number of carbonyl (C=O) groups is 2. The van der Waals surface area contributed by atoms with Gasteiger partial charge < -0.3 is 24.2 Å². The van der Waals surface area contributed by atoms with E-state index in [0.29, 0.717) is 19.8 Å². The molecule has 18 heavy (non-hydrogen) atoms. The fraction of sp³-hybridized carbons (Fsp3) is 0.818. The Morgan fingerprint density at radius 3 is 2.39 bits per heavy atom. The molecule has 0 spiro atoms. The molecular weight excluding hydrogens is 242 g/mol. The van der Waals surface area contributed by atoms with Crippen LogP contribution in [-0.4, -0.2) is 75.1 Å². The van der Waals surface area contributed by atoms with Crippen molar-refractivity contribution in [1.29, 1.82) is 0 Å². The summed E-state index contributed by atoms with van der Waals surface area (Å²) in [4.78, 5) is 23.7. The highest BCUT2D eigenvalue weighted by Gasteiger charge is 2.20.